The number of rotatable bonds is 1. The quantitative estimate of drug-likeness (QED) is 0.799. The van der Waals surface area contributed by atoms with Crippen LogP contribution in [0.3, 0.4) is 0 Å². The number of nitriles is 1. The zero-order valence-corrected chi connectivity index (χ0v) is 14.6. The van der Waals surface area contributed by atoms with Gasteiger partial charge in [0.2, 0.25) is 0 Å². The minimum Gasteiger partial charge on any atom is -0.444 e. The first-order valence-corrected chi connectivity index (χ1v) is 8.07. The average Bonchev–Trinajstić information content (AvgIpc) is 2.71. The second-order valence-corrected chi connectivity index (χ2v) is 6.90. The van der Waals surface area contributed by atoms with E-state index in [0.717, 1.165) is 18.7 Å². The second kappa shape index (κ2) is 7.01. The molecule has 0 aliphatic carbocycles. The van der Waals surface area contributed by atoms with Crippen molar-refractivity contribution in [3.63, 3.8) is 0 Å². The van der Waals surface area contributed by atoms with Crippen LogP contribution in [-0.2, 0) is 4.74 Å². The lowest BCUT2D eigenvalue weighted by atomic mass is 10.2. The standard InChI is InChI=1S/C16H22N4O2S/c1-16(2,3)22-15(21)20-8-4-7-19(9-10-20)13-5-6-18-14(23)12(13)11-17/h5-6H,4,7-10H2,1-3H3,(H,18,23). The van der Waals surface area contributed by atoms with Crippen LogP contribution in [0.1, 0.15) is 32.8 Å². The van der Waals surface area contributed by atoms with Crippen LogP contribution < -0.4 is 4.90 Å². The second-order valence-electron chi connectivity index (χ2n) is 6.49. The maximum Gasteiger partial charge on any atom is 0.410 e. The van der Waals surface area contributed by atoms with E-state index in [9.17, 15) is 10.1 Å². The Kier molecular flexibility index (Phi) is 5.26. The topological polar surface area (TPSA) is 72.4 Å². The van der Waals surface area contributed by atoms with Crippen molar-refractivity contribution in [1.29, 1.82) is 5.26 Å². The molecule has 1 saturated heterocycles. The summed E-state index contributed by atoms with van der Waals surface area (Å²) < 4.78 is 5.87. The molecule has 1 amide bonds. The highest BCUT2D eigenvalue weighted by Crippen LogP contribution is 2.22. The van der Waals surface area contributed by atoms with Gasteiger partial charge >= 0.3 is 6.09 Å². The predicted molar refractivity (Wildman–Crippen MR) is 91.0 cm³/mol. The number of nitrogens with zero attached hydrogens (tertiary/aromatic N) is 3. The van der Waals surface area contributed by atoms with Crippen LogP contribution in [0, 0.1) is 16.0 Å². The molecule has 0 spiro atoms. The van der Waals surface area contributed by atoms with Crippen molar-refractivity contribution >= 4 is 24.0 Å². The molecule has 0 saturated carbocycles. The molecule has 6 nitrogen and oxygen atoms in total. The van der Waals surface area contributed by atoms with E-state index in [1.54, 1.807) is 11.1 Å². The number of aromatic nitrogens is 1. The molecule has 0 bridgehead atoms. The maximum atomic E-state index is 12.2. The monoisotopic (exact) mass is 334 g/mol. The first-order valence-electron chi connectivity index (χ1n) is 7.66. The third-order valence-corrected chi connectivity index (χ3v) is 3.86. The minimum absolute atomic E-state index is 0.287. The number of carbonyl (C=O) groups is 1. The molecule has 0 aromatic carbocycles. The third kappa shape index (κ3) is 4.45. The summed E-state index contributed by atoms with van der Waals surface area (Å²) in [7, 11) is 0. The molecule has 0 atom stereocenters. The van der Waals surface area contributed by atoms with Gasteiger partial charge in [-0.15, -0.1) is 0 Å². The Hall–Kier alpha value is -2.07. The lowest BCUT2D eigenvalue weighted by Crippen LogP contribution is -2.39. The van der Waals surface area contributed by atoms with Gasteiger partial charge in [-0.3, -0.25) is 0 Å². The number of pyridine rings is 1. The van der Waals surface area contributed by atoms with Gasteiger partial charge in [-0.2, -0.15) is 5.26 Å². The van der Waals surface area contributed by atoms with Crippen molar-refractivity contribution in [3.8, 4) is 6.07 Å². The van der Waals surface area contributed by atoms with Gasteiger partial charge in [-0.1, -0.05) is 12.2 Å². The lowest BCUT2D eigenvalue weighted by molar-refractivity contribution is 0.0263. The van der Waals surface area contributed by atoms with Gasteiger partial charge in [-0.05, 0) is 33.3 Å². The molecule has 7 heteroatoms. The Balaban J connectivity index is 2.11. The average molecular weight is 334 g/mol. The van der Waals surface area contributed by atoms with Crippen molar-refractivity contribution in [2.45, 2.75) is 32.8 Å². The highest BCUT2D eigenvalue weighted by Gasteiger charge is 2.25. The molecule has 23 heavy (non-hydrogen) atoms. The maximum absolute atomic E-state index is 12.2. The smallest absolute Gasteiger partial charge is 0.410 e. The fraction of sp³-hybridized carbons (Fsp3) is 0.562. The summed E-state index contributed by atoms with van der Waals surface area (Å²) in [6.07, 6.45) is 2.27. The van der Waals surface area contributed by atoms with E-state index in [0.29, 0.717) is 29.8 Å². The molecule has 2 rings (SSSR count). The summed E-state index contributed by atoms with van der Waals surface area (Å²) >= 11 is 5.18. The van der Waals surface area contributed by atoms with Crippen LogP contribution >= 0.6 is 12.2 Å². The van der Waals surface area contributed by atoms with Gasteiger partial charge < -0.3 is 19.5 Å². The van der Waals surface area contributed by atoms with Crippen LogP contribution in [0.4, 0.5) is 10.5 Å². The van der Waals surface area contributed by atoms with E-state index in [1.165, 1.54) is 0 Å². The Morgan fingerprint density at radius 2 is 2.09 bits per heavy atom. The molecule has 1 aromatic rings. The first kappa shape index (κ1) is 17.3. The predicted octanol–water partition coefficient (Wildman–Crippen LogP) is 3.06. The molecular weight excluding hydrogens is 312 g/mol. The third-order valence-electron chi connectivity index (χ3n) is 3.54. The number of hydrogen-bond donors (Lipinski definition) is 1. The Morgan fingerprint density at radius 3 is 2.74 bits per heavy atom. The molecule has 1 N–H and O–H groups in total. The summed E-state index contributed by atoms with van der Waals surface area (Å²) in [5.74, 6) is 0. The zero-order chi connectivity index (χ0) is 17.0. The normalized spacial score (nSPS) is 15.7. The number of H-pyrrole nitrogens is 1. The van der Waals surface area contributed by atoms with Crippen LogP contribution in [0.25, 0.3) is 0 Å². The summed E-state index contributed by atoms with van der Waals surface area (Å²) in [5, 5.41) is 9.32. The number of carbonyl (C=O) groups excluding carboxylic acids is 1. The number of hydrogen-bond acceptors (Lipinski definition) is 5. The van der Waals surface area contributed by atoms with Gasteiger partial charge in [0, 0.05) is 32.4 Å². The number of ether oxygens (including phenoxy) is 1. The summed E-state index contributed by atoms with van der Waals surface area (Å²) in [6, 6.07) is 4.02. The Bertz CT molecular complexity index is 672. The molecule has 124 valence electrons. The fourth-order valence-electron chi connectivity index (χ4n) is 2.51. The first-order chi connectivity index (χ1) is 10.8. The molecule has 1 fully saturated rings. The summed E-state index contributed by atoms with van der Waals surface area (Å²) in [4.78, 5) is 18.9. The van der Waals surface area contributed by atoms with E-state index < -0.39 is 5.60 Å². The number of amides is 1. The minimum atomic E-state index is -0.496. The van der Waals surface area contributed by atoms with Crippen LogP contribution in [-0.4, -0.2) is 47.8 Å². The molecule has 1 aliphatic rings. The van der Waals surface area contributed by atoms with Crippen molar-refractivity contribution in [3.05, 3.63) is 22.5 Å². The number of nitrogens with one attached hydrogen (secondary N) is 1. The Labute approximate surface area is 141 Å². The Morgan fingerprint density at radius 1 is 1.35 bits per heavy atom. The largest absolute Gasteiger partial charge is 0.444 e. The zero-order valence-electron chi connectivity index (χ0n) is 13.8. The van der Waals surface area contributed by atoms with Gasteiger partial charge in [0.05, 0.1) is 5.69 Å². The van der Waals surface area contributed by atoms with E-state index in [-0.39, 0.29) is 6.09 Å². The van der Waals surface area contributed by atoms with Gasteiger partial charge in [0.1, 0.15) is 21.9 Å². The highest BCUT2D eigenvalue weighted by molar-refractivity contribution is 7.71. The van der Waals surface area contributed by atoms with Crippen molar-refractivity contribution < 1.29 is 9.53 Å². The van der Waals surface area contributed by atoms with E-state index in [1.807, 2.05) is 26.8 Å². The molecule has 1 aromatic heterocycles. The van der Waals surface area contributed by atoms with E-state index in [2.05, 4.69) is 16.0 Å². The van der Waals surface area contributed by atoms with E-state index >= 15 is 0 Å². The number of anilines is 1. The lowest BCUT2D eigenvalue weighted by Gasteiger charge is -2.27. The van der Waals surface area contributed by atoms with Crippen molar-refractivity contribution in [2.24, 2.45) is 0 Å². The SMILES string of the molecule is CC(C)(C)OC(=O)N1CCCN(c2cc[nH]c(=S)c2C#N)CC1. The fourth-order valence-corrected chi connectivity index (χ4v) is 2.73. The van der Waals surface area contributed by atoms with Gasteiger partial charge in [0.15, 0.2) is 0 Å². The van der Waals surface area contributed by atoms with Crippen LogP contribution in [0.5, 0.6) is 0 Å². The molecule has 1 aliphatic heterocycles. The van der Waals surface area contributed by atoms with Gasteiger partial charge in [0.25, 0.3) is 0 Å². The summed E-state index contributed by atoms with van der Waals surface area (Å²) in [5.41, 5.74) is 0.805. The summed E-state index contributed by atoms with van der Waals surface area (Å²) in [6.45, 7) is 8.21. The molecule has 2 heterocycles. The number of aromatic amines is 1. The van der Waals surface area contributed by atoms with Crippen molar-refractivity contribution in [1.82, 2.24) is 9.88 Å². The van der Waals surface area contributed by atoms with Crippen LogP contribution in [0.2, 0.25) is 0 Å². The molecule has 0 unspecified atom stereocenters. The highest BCUT2D eigenvalue weighted by atomic mass is 32.1. The van der Waals surface area contributed by atoms with Crippen LogP contribution in [0.15, 0.2) is 12.3 Å². The van der Waals surface area contributed by atoms with Crippen molar-refractivity contribution in [2.75, 3.05) is 31.1 Å². The molecular formula is C16H22N4O2S. The van der Waals surface area contributed by atoms with E-state index in [4.69, 9.17) is 17.0 Å². The van der Waals surface area contributed by atoms with Gasteiger partial charge in [-0.25, -0.2) is 4.79 Å². The molecule has 0 radical (unpaired) electrons.